The zero-order valence-corrected chi connectivity index (χ0v) is 22.1. The molecular formula is C28H29F3N4O4. The van der Waals surface area contributed by atoms with Crippen molar-refractivity contribution in [1.82, 2.24) is 20.1 Å². The second kappa shape index (κ2) is 10.9. The highest BCUT2D eigenvalue weighted by Crippen LogP contribution is 2.31. The van der Waals surface area contributed by atoms with Gasteiger partial charge in [-0.15, -0.1) is 0 Å². The number of amides is 1. The standard InChI is InChI=1S/C28H29F3N4O4/c1-27(2,3)39-25(34-26(36)28(4,30)31)24(17-6-13-23(37-5)32-15-17)38-21-11-12-22-18(14-21)16-33-35(22)20-9-7-19(29)8-10-20/h6-16,24-25H,1-5H3,(H,34,36)/t24-,25+/m1/s1. The molecule has 1 N–H and O–H groups in total. The molecule has 0 saturated carbocycles. The Labute approximate surface area is 223 Å². The first-order valence-electron chi connectivity index (χ1n) is 12.1. The van der Waals surface area contributed by atoms with E-state index in [-0.39, 0.29) is 5.82 Å². The van der Waals surface area contributed by atoms with E-state index in [0.29, 0.717) is 35.2 Å². The van der Waals surface area contributed by atoms with Gasteiger partial charge in [0.1, 0.15) is 11.6 Å². The van der Waals surface area contributed by atoms with Crippen LogP contribution in [0.3, 0.4) is 0 Å². The summed E-state index contributed by atoms with van der Waals surface area (Å²) in [7, 11) is 1.46. The van der Waals surface area contributed by atoms with Crippen LogP contribution in [0.4, 0.5) is 13.2 Å². The van der Waals surface area contributed by atoms with Gasteiger partial charge in [0.2, 0.25) is 5.88 Å². The van der Waals surface area contributed by atoms with Crippen LogP contribution < -0.4 is 14.8 Å². The van der Waals surface area contributed by atoms with Crippen LogP contribution in [0.2, 0.25) is 0 Å². The first kappa shape index (κ1) is 27.9. The molecular weight excluding hydrogens is 513 g/mol. The minimum absolute atomic E-state index is 0.338. The van der Waals surface area contributed by atoms with Crippen LogP contribution >= 0.6 is 0 Å². The predicted octanol–water partition coefficient (Wildman–Crippen LogP) is 5.60. The Bertz CT molecular complexity index is 1430. The highest BCUT2D eigenvalue weighted by molar-refractivity contribution is 5.83. The van der Waals surface area contributed by atoms with E-state index in [0.717, 1.165) is 5.52 Å². The van der Waals surface area contributed by atoms with Crippen molar-refractivity contribution in [2.75, 3.05) is 7.11 Å². The lowest BCUT2D eigenvalue weighted by molar-refractivity contribution is -0.160. The SMILES string of the molecule is COc1ccc([C@@H](Oc2ccc3c(cnn3-c3ccc(F)cc3)c2)[C@@H](NC(=O)C(C)(F)F)OC(C)(C)C)cn1. The number of carbonyl (C=O) groups excluding carboxylic acids is 1. The van der Waals surface area contributed by atoms with Crippen LogP contribution in [-0.2, 0) is 9.53 Å². The van der Waals surface area contributed by atoms with Gasteiger partial charge in [0.15, 0.2) is 12.3 Å². The quantitative estimate of drug-likeness (QED) is 0.277. The molecule has 0 aliphatic carbocycles. The molecule has 39 heavy (non-hydrogen) atoms. The van der Waals surface area contributed by atoms with E-state index in [1.807, 2.05) is 0 Å². The molecule has 2 heterocycles. The van der Waals surface area contributed by atoms with Crippen LogP contribution in [0.1, 0.15) is 39.4 Å². The largest absolute Gasteiger partial charge is 0.481 e. The number of halogens is 3. The number of hydrogen-bond acceptors (Lipinski definition) is 6. The minimum atomic E-state index is -3.64. The Hall–Kier alpha value is -4.12. The lowest BCUT2D eigenvalue weighted by atomic mass is 10.1. The third-order valence-corrected chi connectivity index (χ3v) is 5.60. The molecule has 0 aliphatic rings. The smallest absolute Gasteiger partial charge is 0.321 e. The maximum Gasteiger partial charge on any atom is 0.321 e. The lowest BCUT2D eigenvalue weighted by Crippen LogP contribution is -2.51. The van der Waals surface area contributed by atoms with Gasteiger partial charge in [0.25, 0.3) is 5.91 Å². The van der Waals surface area contributed by atoms with Crippen LogP contribution in [0.25, 0.3) is 16.6 Å². The molecule has 0 saturated heterocycles. The molecule has 4 rings (SSSR count). The average Bonchev–Trinajstić information content (AvgIpc) is 3.29. The van der Waals surface area contributed by atoms with Crippen molar-refractivity contribution in [3.8, 4) is 17.3 Å². The van der Waals surface area contributed by atoms with Crippen molar-refractivity contribution < 1.29 is 32.2 Å². The Morgan fingerprint density at radius 2 is 1.72 bits per heavy atom. The first-order valence-corrected chi connectivity index (χ1v) is 12.1. The van der Waals surface area contributed by atoms with Crippen molar-refractivity contribution in [1.29, 1.82) is 0 Å². The molecule has 2 aromatic heterocycles. The van der Waals surface area contributed by atoms with Crippen molar-refractivity contribution in [2.24, 2.45) is 0 Å². The van der Waals surface area contributed by atoms with Gasteiger partial charge in [-0.2, -0.15) is 13.9 Å². The van der Waals surface area contributed by atoms with Gasteiger partial charge in [-0.1, -0.05) is 0 Å². The maximum absolute atomic E-state index is 13.9. The molecule has 2 atom stereocenters. The number of nitrogens with zero attached hydrogens (tertiary/aromatic N) is 3. The number of alkyl halides is 2. The highest BCUT2D eigenvalue weighted by Gasteiger charge is 2.39. The Kier molecular flexibility index (Phi) is 7.82. The molecule has 0 radical (unpaired) electrons. The van der Waals surface area contributed by atoms with E-state index in [4.69, 9.17) is 14.2 Å². The summed E-state index contributed by atoms with van der Waals surface area (Å²) in [5, 5.41) is 7.39. The van der Waals surface area contributed by atoms with Gasteiger partial charge >= 0.3 is 5.92 Å². The number of nitrogens with one attached hydrogen (secondary N) is 1. The molecule has 0 fully saturated rings. The summed E-state index contributed by atoms with van der Waals surface area (Å²) in [4.78, 5) is 16.5. The van der Waals surface area contributed by atoms with Gasteiger partial charge in [0, 0.05) is 30.1 Å². The number of aromatic nitrogens is 3. The fraction of sp³-hybridized carbons (Fsp3) is 0.321. The summed E-state index contributed by atoms with van der Waals surface area (Å²) in [6, 6.07) is 14.3. The number of carbonyl (C=O) groups is 1. The van der Waals surface area contributed by atoms with Crippen LogP contribution in [-0.4, -0.2) is 45.5 Å². The van der Waals surface area contributed by atoms with Crippen LogP contribution in [0.15, 0.2) is 67.0 Å². The maximum atomic E-state index is 13.9. The molecule has 1 amide bonds. The topological polar surface area (TPSA) is 87.5 Å². The predicted molar refractivity (Wildman–Crippen MR) is 139 cm³/mol. The third kappa shape index (κ3) is 6.85. The highest BCUT2D eigenvalue weighted by atomic mass is 19.3. The molecule has 8 nitrogen and oxygen atoms in total. The minimum Gasteiger partial charge on any atom is -0.481 e. The van der Waals surface area contributed by atoms with Gasteiger partial charge in [-0.3, -0.25) is 4.79 Å². The number of benzene rings is 2. The number of ether oxygens (including phenoxy) is 3. The van der Waals surface area contributed by atoms with E-state index in [2.05, 4.69) is 15.4 Å². The van der Waals surface area contributed by atoms with Crippen molar-refractivity contribution in [3.63, 3.8) is 0 Å². The molecule has 0 bridgehead atoms. The summed E-state index contributed by atoms with van der Waals surface area (Å²) < 4.78 is 60.2. The summed E-state index contributed by atoms with van der Waals surface area (Å²) in [5.41, 5.74) is 1.02. The second-order valence-corrected chi connectivity index (χ2v) is 9.94. The van der Waals surface area contributed by atoms with E-state index < -0.39 is 29.8 Å². The molecule has 4 aromatic rings. The van der Waals surface area contributed by atoms with Crippen molar-refractivity contribution >= 4 is 16.8 Å². The third-order valence-electron chi connectivity index (χ3n) is 5.60. The summed E-state index contributed by atoms with van der Waals surface area (Å²) in [6.45, 7) is 5.70. The van der Waals surface area contributed by atoms with Crippen LogP contribution in [0.5, 0.6) is 11.6 Å². The van der Waals surface area contributed by atoms with E-state index >= 15 is 0 Å². The molecule has 2 aromatic carbocycles. The molecule has 11 heteroatoms. The fourth-order valence-electron chi connectivity index (χ4n) is 3.81. The fourth-order valence-corrected chi connectivity index (χ4v) is 3.81. The number of methoxy groups -OCH3 is 1. The molecule has 206 valence electrons. The zero-order chi connectivity index (χ0) is 28.4. The average molecular weight is 543 g/mol. The van der Waals surface area contributed by atoms with Crippen LogP contribution in [0, 0.1) is 5.82 Å². The van der Waals surface area contributed by atoms with Gasteiger partial charge in [-0.05, 0) is 69.3 Å². The molecule has 0 aliphatic heterocycles. The van der Waals surface area contributed by atoms with Crippen molar-refractivity contribution in [2.45, 2.75) is 51.6 Å². The van der Waals surface area contributed by atoms with Gasteiger partial charge < -0.3 is 19.5 Å². The summed E-state index contributed by atoms with van der Waals surface area (Å²) in [5.74, 6) is -4.81. The summed E-state index contributed by atoms with van der Waals surface area (Å²) in [6.07, 6.45) is 0.705. The van der Waals surface area contributed by atoms with Gasteiger partial charge in [-0.25, -0.2) is 14.1 Å². The van der Waals surface area contributed by atoms with Gasteiger partial charge in [0.05, 0.1) is 30.1 Å². The Balaban J connectivity index is 1.72. The monoisotopic (exact) mass is 542 g/mol. The Morgan fingerprint density at radius 1 is 1.00 bits per heavy atom. The lowest BCUT2D eigenvalue weighted by Gasteiger charge is -2.34. The van der Waals surface area contributed by atoms with Crippen molar-refractivity contribution in [3.05, 3.63) is 78.4 Å². The molecule has 0 spiro atoms. The van der Waals surface area contributed by atoms with E-state index in [1.54, 1.807) is 74.1 Å². The normalized spacial score (nSPS) is 13.6. The molecule has 0 unspecified atom stereocenters. The number of pyridine rings is 1. The number of hydrogen-bond donors (Lipinski definition) is 1. The van der Waals surface area contributed by atoms with E-state index in [9.17, 15) is 18.0 Å². The van der Waals surface area contributed by atoms with E-state index in [1.165, 1.54) is 25.4 Å². The first-order chi connectivity index (χ1) is 18.3. The zero-order valence-electron chi connectivity index (χ0n) is 22.1. The number of rotatable bonds is 9. The second-order valence-electron chi connectivity index (χ2n) is 9.94. The number of fused-ring (bicyclic) bond motifs is 1. The Morgan fingerprint density at radius 3 is 2.31 bits per heavy atom. The summed E-state index contributed by atoms with van der Waals surface area (Å²) >= 11 is 0.